The second kappa shape index (κ2) is 28.5. The summed E-state index contributed by atoms with van der Waals surface area (Å²) in [6, 6.07) is 0. The zero-order chi connectivity index (χ0) is 26.5. The summed E-state index contributed by atoms with van der Waals surface area (Å²) >= 11 is 0. The SMILES string of the molecule is CCCCCCCCCCCCCCCCCC(CCCCCCCC)OC(=O)CCCCC(=O)O. The molecule has 0 aromatic carbocycles. The topological polar surface area (TPSA) is 63.6 Å². The van der Waals surface area contributed by atoms with Gasteiger partial charge in [-0.3, -0.25) is 9.59 Å². The standard InChI is InChI=1S/C32H62O4/c1-3-5-7-9-11-12-13-14-15-16-17-18-19-21-23-27-30(26-22-20-10-8-6-4-2)36-32(35)29-25-24-28-31(33)34/h30H,3-29H2,1-2H3,(H,33,34). The van der Waals surface area contributed by atoms with Crippen LogP contribution in [0.5, 0.6) is 0 Å². The van der Waals surface area contributed by atoms with E-state index in [9.17, 15) is 9.59 Å². The Hall–Kier alpha value is -1.06. The molecule has 0 aliphatic carbocycles. The Kier molecular flexibility index (Phi) is 27.7. The number of carboxylic acid groups (broad SMARTS) is 1. The summed E-state index contributed by atoms with van der Waals surface area (Å²) in [4.78, 5) is 22.9. The van der Waals surface area contributed by atoms with E-state index in [1.165, 1.54) is 122 Å². The Morgan fingerprint density at radius 3 is 1.19 bits per heavy atom. The van der Waals surface area contributed by atoms with Gasteiger partial charge in [0.25, 0.3) is 0 Å². The lowest BCUT2D eigenvalue weighted by atomic mass is 10.0. The van der Waals surface area contributed by atoms with Crippen molar-refractivity contribution >= 4 is 11.9 Å². The molecule has 0 aromatic heterocycles. The molecule has 1 atom stereocenters. The van der Waals surface area contributed by atoms with Gasteiger partial charge >= 0.3 is 11.9 Å². The van der Waals surface area contributed by atoms with Gasteiger partial charge in [-0.15, -0.1) is 0 Å². The van der Waals surface area contributed by atoms with Crippen molar-refractivity contribution in [3.63, 3.8) is 0 Å². The van der Waals surface area contributed by atoms with Gasteiger partial charge in [0.2, 0.25) is 0 Å². The maximum atomic E-state index is 12.3. The Balaban J connectivity index is 3.86. The van der Waals surface area contributed by atoms with Gasteiger partial charge in [0.1, 0.15) is 6.10 Å². The van der Waals surface area contributed by atoms with Gasteiger partial charge in [-0.1, -0.05) is 136 Å². The van der Waals surface area contributed by atoms with E-state index in [0.29, 0.717) is 19.3 Å². The van der Waals surface area contributed by atoms with E-state index in [4.69, 9.17) is 9.84 Å². The molecule has 0 aliphatic heterocycles. The summed E-state index contributed by atoms with van der Waals surface area (Å²) in [7, 11) is 0. The average Bonchev–Trinajstić information content (AvgIpc) is 2.86. The van der Waals surface area contributed by atoms with Crippen molar-refractivity contribution in [1.82, 2.24) is 0 Å². The van der Waals surface area contributed by atoms with Gasteiger partial charge in [-0.05, 0) is 38.5 Å². The molecule has 214 valence electrons. The van der Waals surface area contributed by atoms with Crippen molar-refractivity contribution in [2.24, 2.45) is 0 Å². The molecule has 0 heterocycles. The number of hydrogen-bond acceptors (Lipinski definition) is 3. The lowest BCUT2D eigenvalue weighted by Gasteiger charge is -2.18. The molecule has 4 nitrogen and oxygen atoms in total. The fourth-order valence-corrected chi connectivity index (χ4v) is 4.95. The smallest absolute Gasteiger partial charge is 0.306 e. The van der Waals surface area contributed by atoms with E-state index in [2.05, 4.69) is 13.8 Å². The maximum absolute atomic E-state index is 12.3. The second-order valence-electron chi connectivity index (χ2n) is 11.0. The lowest BCUT2D eigenvalue weighted by molar-refractivity contribution is -0.150. The summed E-state index contributed by atoms with van der Waals surface area (Å²) < 4.78 is 5.82. The van der Waals surface area contributed by atoms with Gasteiger partial charge in [0.05, 0.1) is 0 Å². The van der Waals surface area contributed by atoms with Crippen LogP contribution in [0, 0.1) is 0 Å². The molecule has 0 radical (unpaired) electrons. The first-order chi connectivity index (χ1) is 17.6. The number of aliphatic carboxylic acids is 1. The van der Waals surface area contributed by atoms with Gasteiger partial charge in [0.15, 0.2) is 0 Å². The molecule has 0 saturated heterocycles. The molecule has 1 N–H and O–H groups in total. The van der Waals surface area contributed by atoms with Crippen molar-refractivity contribution in [1.29, 1.82) is 0 Å². The van der Waals surface area contributed by atoms with Crippen LogP contribution in [0.15, 0.2) is 0 Å². The first kappa shape index (κ1) is 34.9. The number of rotatable bonds is 29. The van der Waals surface area contributed by atoms with Crippen LogP contribution in [-0.2, 0) is 14.3 Å². The van der Waals surface area contributed by atoms with Crippen LogP contribution in [0.3, 0.4) is 0 Å². The largest absolute Gasteiger partial charge is 0.481 e. The summed E-state index contributed by atoms with van der Waals surface area (Å²) in [5.74, 6) is -0.935. The predicted molar refractivity (Wildman–Crippen MR) is 154 cm³/mol. The highest BCUT2D eigenvalue weighted by molar-refractivity contribution is 5.70. The number of ether oxygens (including phenoxy) is 1. The molecule has 0 bridgehead atoms. The third kappa shape index (κ3) is 27.5. The van der Waals surface area contributed by atoms with Crippen molar-refractivity contribution in [3.8, 4) is 0 Å². The molecule has 0 rings (SSSR count). The molecular weight excluding hydrogens is 448 g/mol. The lowest BCUT2D eigenvalue weighted by Crippen LogP contribution is -2.18. The van der Waals surface area contributed by atoms with Gasteiger partial charge in [0, 0.05) is 12.8 Å². The molecule has 0 saturated carbocycles. The summed E-state index contributed by atoms with van der Waals surface area (Å²) in [6.45, 7) is 4.52. The highest BCUT2D eigenvalue weighted by Gasteiger charge is 2.14. The Morgan fingerprint density at radius 1 is 0.500 bits per heavy atom. The highest BCUT2D eigenvalue weighted by Crippen LogP contribution is 2.19. The van der Waals surface area contributed by atoms with Crippen molar-refractivity contribution in [2.75, 3.05) is 0 Å². The number of carboxylic acids is 1. The minimum absolute atomic E-state index is 0.0464. The van der Waals surface area contributed by atoms with Gasteiger partial charge < -0.3 is 9.84 Å². The molecule has 0 fully saturated rings. The minimum Gasteiger partial charge on any atom is -0.481 e. The molecule has 0 amide bonds. The highest BCUT2D eigenvalue weighted by atomic mass is 16.5. The number of esters is 1. The summed E-state index contributed by atoms with van der Waals surface area (Å²) in [5, 5.41) is 8.75. The van der Waals surface area contributed by atoms with Crippen LogP contribution < -0.4 is 0 Å². The zero-order valence-electron chi connectivity index (χ0n) is 24.3. The van der Waals surface area contributed by atoms with E-state index in [0.717, 1.165) is 25.7 Å². The third-order valence-electron chi connectivity index (χ3n) is 7.33. The van der Waals surface area contributed by atoms with E-state index >= 15 is 0 Å². The van der Waals surface area contributed by atoms with E-state index in [-0.39, 0.29) is 18.5 Å². The van der Waals surface area contributed by atoms with Crippen molar-refractivity contribution in [2.45, 2.75) is 193 Å². The van der Waals surface area contributed by atoms with Crippen molar-refractivity contribution < 1.29 is 19.4 Å². The zero-order valence-corrected chi connectivity index (χ0v) is 24.3. The van der Waals surface area contributed by atoms with E-state index in [1.54, 1.807) is 0 Å². The molecule has 0 aromatic rings. The number of carbonyl (C=O) groups excluding carboxylic acids is 1. The van der Waals surface area contributed by atoms with Crippen LogP contribution >= 0.6 is 0 Å². The second-order valence-corrected chi connectivity index (χ2v) is 11.0. The molecular formula is C32H62O4. The predicted octanol–water partition coefficient (Wildman–Crippen LogP) is 10.6. The summed E-state index contributed by atoms with van der Waals surface area (Å²) in [5.41, 5.74) is 0. The van der Waals surface area contributed by atoms with Crippen LogP contribution in [-0.4, -0.2) is 23.1 Å². The normalized spacial score (nSPS) is 12.1. The quantitative estimate of drug-likeness (QED) is 0.0802. The van der Waals surface area contributed by atoms with Crippen LogP contribution in [0.1, 0.15) is 187 Å². The third-order valence-corrected chi connectivity index (χ3v) is 7.33. The Labute approximate surface area is 224 Å². The number of hydrogen-bond donors (Lipinski definition) is 1. The molecule has 0 aliphatic rings. The Bertz CT molecular complexity index is 477. The minimum atomic E-state index is -0.794. The first-order valence-corrected chi connectivity index (χ1v) is 16.0. The van der Waals surface area contributed by atoms with Gasteiger partial charge in [-0.2, -0.15) is 0 Å². The van der Waals surface area contributed by atoms with Crippen LogP contribution in [0.2, 0.25) is 0 Å². The van der Waals surface area contributed by atoms with Gasteiger partial charge in [-0.25, -0.2) is 0 Å². The maximum Gasteiger partial charge on any atom is 0.306 e. The molecule has 4 heteroatoms. The van der Waals surface area contributed by atoms with Crippen LogP contribution in [0.25, 0.3) is 0 Å². The Morgan fingerprint density at radius 2 is 0.833 bits per heavy atom. The molecule has 1 unspecified atom stereocenters. The molecule has 0 spiro atoms. The fourth-order valence-electron chi connectivity index (χ4n) is 4.95. The number of carbonyl (C=O) groups is 2. The van der Waals surface area contributed by atoms with Crippen molar-refractivity contribution in [3.05, 3.63) is 0 Å². The average molecular weight is 511 g/mol. The van der Waals surface area contributed by atoms with E-state index < -0.39 is 5.97 Å². The fraction of sp³-hybridized carbons (Fsp3) is 0.938. The monoisotopic (exact) mass is 510 g/mol. The summed E-state index contributed by atoms with van der Waals surface area (Å²) in [6.07, 6.45) is 31.6. The molecule has 36 heavy (non-hydrogen) atoms. The van der Waals surface area contributed by atoms with E-state index in [1.807, 2.05) is 0 Å². The first-order valence-electron chi connectivity index (χ1n) is 16.0. The van der Waals surface area contributed by atoms with Crippen LogP contribution in [0.4, 0.5) is 0 Å². The number of unbranched alkanes of at least 4 members (excludes halogenated alkanes) is 20.